The Morgan fingerprint density at radius 1 is 1.35 bits per heavy atom. The number of hydrogen-bond donors (Lipinski definition) is 2. The van der Waals surface area contributed by atoms with E-state index in [0.29, 0.717) is 5.75 Å². The largest absolute Gasteiger partial charge is 0.497 e. The lowest BCUT2D eigenvalue weighted by molar-refractivity contribution is -0.119. The van der Waals surface area contributed by atoms with E-state index >= 15 is 0 Å². The van der Waals surface area contributed by atoms with Crippen molar-refractivity contribution in [3.63, 3.8) is 0 Å². The van der Waals surface area contributed by atoms with Crippen molar-refractivity contribution in [1.29, 1.82) is 0 Å². The standard InChI is InChI=1S/C12H17NO4/c1-9(14)13-7-10(15)8-17-12-5-3-11(16-2)4-6-12/h3-6,10,15H,7-8H2,1-2H3,(H,13,14)/t10-/m0/s1. The highest BCUT2D eigenvalue weighted by Crippen LogP contribution is 2.16. The highest BCUT2D eigenvalue weighted by atomic mass is 16.5. The van der Waals surface area contributed by atoms with Gasteiger partial charge in [0.05, 0.1) is 7.11 Å². The lowest BCUT2D eigenvalue weighted by Gasteiger charge is -2.12. The summed E-state index contributed by atoms with van der Waals surface area (Å²) in [7, 11) is 1.59. The van der Waals surface area contributed by atoms with Gasteiger partial charge in [0.1, 0.15) is 24.2 Å². The summed E-state index contributed by atoms with van der Waals surface area (Å²) >= 11 is 0. The second-order valence-electron chi connectivity index (χ2n) is 3.58. The van der Waals surface area contributed by atoms with Crippen molar-refractivity contribution < 1.29 is 19.4 Å². The van der Waals surface area contributed by atoms with Crippen molar-refractivity contribution in [2.45, 2.75) is 13.0 Å². The van der Waals surface area contributed by atoms with Crippen LogP contribution in [0.2, 0.25) is 0 Å². The van der Waals surface area contributed by atoms with Gasteiger partial charge < -0.3 is 19.9 Å². The third-order valence-electron chi connectivity index (χ3n) is 2.09. The first-order valence-electron chi connectivity index (χ1n) is 5.31. The number of rotatable bonds is 6. The van der Waals surface area contributed by atoms with Gasteiger partial charge in [0.2, 0.25) is 5.91 Å². The topological polar surface area (TPSA) is 67.8 Å². The second-order valence-corrected chi connectivity index (χ2v) is 3.58. The van der Waals surface area contributed by atoms with E-state index in [1.54, 1.807) is 31.4 Å². The normalized spacial score (nSPS) is 11.7. The quantitative estimate of drug-likeness (QED) is 0.761. The van der Waals surface area contributed by atoms with Crippen molar-refractivity contribution in [3.05, 3.63) is 24.3 Å². The third-order valence-corrected chi connectivity index (χ3v) is 2.09. The maximum atomic E-state index is 10.6. The Balaban J connectivity index is 2.31. The van der Waals surface area contributed by atoms with E-state index in [-0.39, 0.29) is 19.1 Å². The summed E-state index contributed by atoms with van der Waals surface area (Å²) < 4.78 is 10.3. The summed E-state index contributed by atoms with van der Waals surface area (Å²) in [6.45, 7) is 1.72. The summed E-state index contributed by atoms with van der Waals surface area (Å²) in [5.74, 6) is 1.22. The summed E-state index contributed by atoms with van der Waals surface area (Å²) in [6.07, 6.45) is -0.721. The molecule has 0 saturated heterocycles. The van der Waals surface area contributed by atoms with Crippen LogP contribution in [0.3, 0.4) is 0 Å². The third kappa shape index (κ3) is 5.21. The summed E-state index contributed by atoms with van der Waals surface area (Å²) in [5, 5.41) is 12.0. The summed E-state index contributed by atoms with van der Waals surface area (Å²) in [4.78, 5) is 10.6. The highest BCUT2D eigenvalue weighted by molar-refractivity contribution is 5.72. The van der Waals surface area contributed by atoms with Crippen molar-refractivity contribution in [1.82, 2.24) is 5.32 Å². The van der Waals surface area contributed by atoms with Crippen LogP contribution in [0.15, 0.2) is 24.3 Å². The van der Waals surface area contributed by atoms with Crippen LogP contribution < -0.4 is 14.8 Å². The van der Waals surface area contributed by atoms with Crippen LogP contribution in [0.1, 0.15) is 6.92 Å². The molecule has 0 unspecified atom stereocenters. The van der Waals surface area contributed by atoms with Crippen molar-refractivity contribution in [3.8, 4) is 11.5 Å². The van der Waals surface area contributed by atoms with Crippen molar-refractivity contribution >= 4 is 5.91 Å². The number of ether oxygens (including phenoxy) is 2. The monoisotopic (exact) mass is 239 g/mol. The molecule has 0 radical (unpaired) electrons. The molecule has 1 aromatic carbocycles. The lowest BCUT2D eigenvalue weighted by atomic mass is 10.3. The predicted octanol–water partition coefficient (Wildman–Crippen LogP) is 0.571. The first-order chi connectivity index (χ1) is 8.11. The van der Waals surface area contributed by atoms with Gasteiger partial charge in [-0.15, -0.1) is 0 Å². The molecule has 0 aliphatic heterocycles. The molecule has 0 aliphatic rings. The van der Waals surface area contributed by atoms with Gasteiger partial charge in [-0.25, -0.2) is 0 Å². The van der Waals surface area contributed by atoms with Gasteiger partial charge in [0.15, 0.2) is 0 Å². The zero-order valence-electron chi connectivity index (χ0n) is 9.97. The van der Waals surface area contributed by atoms with Gasteiger partial charge in [-0.1, -0.05) is 0 Å². The Morgan fingerprint density at radius 3 is 2.47 bits per heavy atom. The van der Waals surface area contributed by atoms with Gasteiger partial charge in [-0.2, -0.15) is 0 Å². The first-order valence-corrected chi connectivity index (χ1v) is 5.31. The van der Waals surface area contributed by atoms with E-state index in [1.807, 2.05) is 0 Å². The maximum Gasteiger partial charge on any atom is 0.216 e. The highest BCUT2D eigenvalue weighted by Gasteiger charge is 2.05. The molecular weight excluding hydrogens is 222 g/mol. The maximum absolute atomic E-state index is 10.6. The molecule has 1 atom stereocenters. The van der Waals surface area contributed by atoms with Gasteiger partial charge >= 0.3 is 0 Å². The Kier molecular flexibility index (Phi) is 5.29. The number of carbonyl (C=O) groups excluding carboxylic acids is 1. The molecule has 5 heteroatoms. The fourth-order valence-electron chi connectivity index (χ4n) is 1.18. The van der Waals surface area contributed by atoms with Crippen LogP contribution in [0.25, 0.3) is 0 Å². The van der Waals surface area contributed by atoms with Crippen molar-refractivity contribution in [2.24, 2.45) is 0 Å². The predicted molar refractivity (Wildman–Crippen MR) is 63.2 cm³/mol. The smallest absolute Gasteiger partial charge is 0.216 e. The lowest BCUT2D eigenvalue weighted by Crippen LogP contribution is -2.33. The number of aliphatic hydroxyl groups is 1. The molecule has 0 fully saturated rings. The number of hydrogen-bond acceptors (Lipinski definition) is 4. The number of methoxy groups -OCH3 is 1. The van der Waals surface area contributed by atoms with Crippen LogP contribution in [0.5, 0.6) is 11.5 Å². The fourth-order valence-corrected chi connectivity index (χ4v) is 1.18. The molecule has 0 heterocycles. The van der Waals surface area contributed by atoms with Crippen LogP contribution in [-0.4, -0.2) is 37.4 Å². The van der Waals surface area contributed by atoms with E-state index in [1.165, 1.54) is 6.92 Å². The second kappa shape index (κ2) is 6.75. The van der Waals surface area contributed by atoms with E-state index in [4.69, 9.17) is 9.47 Å². The van der Waals surface area contributed by atoms with Crippen LogP contribution in [-0.2, 0) is 4.79 Å². The van der Waals surface area contributed by atoms with E-state index in [9.17, 15) is 9.90 Å². The van der Waals surface area contributed by atoms with Crippen molar-refractivity contribution in [2.75, 3.05) is 20.3 Å². The minimum absolute atomic E-state index is 0.132. The van der Waals surface area contributed by atoms with Crippen LogP contribution in [0, 0.1) is 0 Å². The average molecular weight is 239 g/mol. The van der Waals surface area contributed by atoms with Gasteiger partial charge in [0, 0.05) is 13.5 Å². The van der Waals surface area contributed by atoms with Gasteiger partial charge in [-0.05, 0) is 24.3 Å². The number of aliphatic hydroxyl groups excluding tert-OH is 1. The SMILES string of the molecule is COc1ccc(OC[C@@H](O)CNC(C)=O)cc1. The number of nitrogens with one attached hydrogen (secondary N) is 1. The zero-order chi connectivity index (χ0) is 12.7. The van der Waals surface area contributed by atoms with E-state index < -0.39 is 6.10 Å². The minimum atomic E-state index is -0.721. The average Bonchev–Trinajstić information content (AvgIpc) is 2.34. The Labute approximate surface area is 100 Å². The molecule has 0 aliphatic carbocycles. The summed E-state index contributed by atoms with van der Waals surface area (Å²) in [6, 6.07) is 7.05. The number of benzene rings is 1. The van der Waals surface area contributed by atoms with Crippen LogP contribution in [0.4, 0.5) is 0 Å². The molecule has 2 N–H and O–H groups in total. The molecule has 0 spiro atoms. The van der Waals surface area contributed by atoms with Gasteiger partial charge in [0.25, 0.3) is 0 Å². The summed E-state index contributed by atoms with van der Waals surface area (Å²) in [5.41, 5.74) is 0. The molecule has 0 saturated carbocycles. The number of carbonyl (C=O) groups is 1. The molecule has 94 valence electrons. The molecule has 0 bridgehead atoms. The molecular formula is C12H17NO4. The zero-order valence-corrected chi connectivity index (χ0v) is 9.97. The Bertz CT molecular complexity index is 350. The Hall–Kier alpha value is -1.75. The van der Waals surface area contributed by atoms with Gasteiger partial charge in [-0.3, -0.25) is 4.79 Å². The van der Waals surface area contributed by atoms with E-state index in [0.717, 1.165) is 5.75 Å². The molecule has 1 rings (SSSR count). The number of amides is 1. The molecule has 5 nitrogen and oxygen atoms in total. The Morgan fingerprint density at radius 2 is 1.94 bits per heavy atom. The fraction of sp³-hybridized carbons (Fsp3) is 0.417. The molecule has 17 heavy (non-hydrogen) atoms. The molecule has 0 aromatic heterocycles. The molecule has 1 amide bonds. The minimum Gasteiger partial charge on any atom is -0.497 e. The van der Waals surface area contributed by atoms with E-state index in [2.05, 4.69) is 5.32 Å². The molecule has 1 aromatic rings. The van der Waals surface area contributed by atoms with Crippen LogP contribution >= 0.6 is 0 Å². The first kappa shape index (κ1) is 13.3.